The maximum absolute atomic E-state index is 12.9. The fourth-order valence-electron chi connectivity index (χ4n) is 4.14. The number of anilines is 1. The predicted molar refractivity (Wildman–Crippen MR) is 138 cm³/mol. The zero-order chi connectivity index (χ0) is 25.0. The number of carbonyl (C=O) groups is 1. The number of aromatic nitrogens is 1. The first-order valence-corrected chi connectivity index (χ1v) is 13.6. The van der Waals surface area contributed by atoms with E-state index < -0.39 is 9.84 Å². The lowest BCUT2D eigenvalue weighted by molar-refractivity contribution is 0.0659. The zero-order valence-corrected chi connectivity index (χ0v) is 21.2. The first-order valence-electron chi connectivity index (χ1n) is 11.7. The highest BCUT2D eigenvalue weighted by Crippen LogP contribution is 2.24. The van der Waals surface area contributed by atoms with E-state index >= 15 is 0 Å². The zero-order valence-electron chi connectivity index (χ0n) is 20.3. The summed E-state index contributed by atoms with van der Waals surface area (Å²) in [5.41, 5.74) is 3.52. The van der Waals surface area contributed by atoms with Crippen molar-refractivity contribution in [3.05, 3.63) is 72.4 Å². The number of pyridine rings is 1. The van der Waals surface area contributed by atoms with E-state index in [0.29, 0.717) is 23.3 Å². The molecule has 0 unspecified atom stereocenters. The number of likely N-dealkylation sites (tertiary alicyclic amines) is 1. The second-order valence-corrected chi connectivity index (χ2v) is 11.2. The van der Waals surface area contributed by atoms with Crippen molar-refractivity contribution in [1.82, 2.24) is 9.88 Å². The maximum atomic E-state index is 12.9. The molecule has 1 amide bonds. The largest absolute Gasteiger partial charge is 0.477 e. The molecule has 2 aromatic carbocycles. The number of benzene rings is 2. The molecule has 0 bridgehead atoms. The van der Waals surface area contributed by atoms with Crippen LogP contribution in [0, 0.1) is 5.92 Å². The number of ether oxygens (including phenoxy) is 1. The topological polar surface area (TPSA) is 79.8 Å². The second-order valence-electron chi connectivity index (χ2n) is 9.17. The molecule has 8 heteroatoms. The van der Waals surface area contributed by atoms with Gasteiger partial charge in [0.1, 0.15) is 0 Å². The van der Waals surface area contributed by atoms with Gasteiger partial charge in [0.2, 0.25) is 5.88 Å². The second kappa shape index (κ2) is 10.5. The Morgan fingerprint density at radius 2 is 1.71 bits per heavy atom. The third kappa shape index (κ3) is 6.19. The van der Waals surface area contributed by atoms with Gasteiger partial charge in [0.05, 0.1) is 11.5 Å². The van der Waals surface area contributed by atoms with E-state index in [-0.39, 0.29) is 5.91 Å². The smallest absolute Gasteiger partial charge is 0.253 e. The van der Waals surface area contributed by atoms with Crippen LogP contribution in [0.1, 0.15) is 23.2 Å². The molecule has 1 aliphatic rings. The van der Waals surface area contributed by atoms with Crippen LogP contribution in [0.25, 0.3) is 11.1 Å². The summed E-state index contributed by atoms with van der Waals surface area (Å²) in [6.07, 6.45) is 4.71. The molecule has 0 aliphatic carbocycles. The Labute approximate surface area is 207 Å². The van der Waals surface area contributed by atoms with Crippen LogP contribution in [0.4, 0.5) is 5.69 Å². The van der Waals surface area contributed by atoms with Gasteiger partial charge >= 0.3 is 0 Å². The van der Waals surface area contributed by atoms with E-state index in [2.05, 4.69) is 4.98 Å². The Morgan fingerprint density at radius 3 is 2.31 bits per heavy atom. The van der Waals surface area contributed by atoms with Gasteiger partial charge in [-0.25, -0.2) is 13.4 Å². The fourth-order valence-corrected chi connectivity index (χ4v) is 4.77. The van der Waals surface area contributed by atoms with E-state index in [4.69, 9.17) is 4.74 Å². The quantitative estimate of drug-likeness (QED) is 0.492. The van der Waals surface area contributed by atoms with E-state index in [1.807, 2.05) is 60.3 Å². The summed E-state index contributed by atoms with van der Waals surface area (Å²) in [5.74, 6) is 1.01. The SMILES string of the molecule is CN(C)c1cccc(C(=O)N2CCC(COc3ccc(-c4ccc(S(C)(=O)=O)cc4)cn3)CC2)c1. The van der Waals surface area contributed by atoms with Gasteiger partial charge in [-0.15, -0.1) is 0 Å². The number of piperidine rings is 1. The summed E-state index contributed by atoms with van der Waals surface area (Å²) in [6.45, 7) is 2.00. The van der Waals surface area contributed by atoms with Gasteiger partial charge in [-0.3, -0.25) is 4.79 Å². The molecule has 184 valence electrons. The van der Waals surface area contributed by atoms with Gasteiger partial charge < -0.3 is 14.5 Å². The average molecular weight is 494 g/mol. The first kappa shape index (κ1) is 24.7. The highest BCUT2D eigenvalue weighted by Gasteiger charge is 2.24. The number of rotatable bonds is 7. The third-order valence-corrected chi connectivity index (χ3v) is 7.46. The van der Waals surface area contributed by atoms with Crippen LogP contribution >= 0.6 is 0 Å². The Bertz CT molecular complexity index is 1260. The average Bonchev–Trinajstić information content (AvgIpc) is 2.87. The fraction of sp³-hybridized carbons (Fsp3) is 0.333. The van der Waals surface area contributed by atoms with E-state index in [9.17, 15) is 13.2 Å². The summed E-state index contributed by atoms with van der Waals surface area (Å²) in [6, 6.07) is 18.2. The summed E-state index contributed by atoms with van der Waals surface area (Å²) < 4.78 is 29.2. The van der Waals surface area contributed by atoms with Crippen molar-refractivity contribution in [2.45, 2.75) is 17.7 Å². The number of nitrogens with zero attached hydrogens (tertiary/aromatic N) is 3. The summed E-state index contributed by atoms with van der Waals surface area (Å²) >= 11 is 0. The van der Waals surface area contributed by atoms with Crippen LogP contribution in [-0.4, -0.2) is 64.3 Å². The Balaban J connectivity index is 1.27. The lowest BCUT2D eigenvalue weighted by atomic mass is 9.97. The molecule has 3 aromatic rings. The lowest BCUT2D eigenvalue weighted by Gasteiger charge is -2.32. The number of hydrogen-bond acceptors (Lipinski definition) is 6. The third-order valence-electron chi connectivity index (χ3n) is 6.33. The van der Waals surface area contributed by atoms with Crippen LogP contribution in [0.15, 0.2) is 71.8 Å². The standard InChI is InChI=1S/C27H31N3O4S/c1-29(2)24-6-4-5-22(17-24)27(31)30-15-13-20(14-16-30)19-34-26-12-9-23(18-28-26)21-7-10-25(11-8-21)35(3,32)33/h4-12,17-18,20H,13-16,19H2,1-3H3. The molecular formula is C27H31N3O4S. The molecule has 2 heterocycles. The van der Waals surface area contributed by atoms with Crippen LogP contribution in [0.3, 0.4) is 0 Å². The van der Waals surface area contributed by atoms with E-state index in [1.165, 1.54) is 6.26 Å². The Hall–Kier alpha value is -3.39. The molecule has 0 saturated carbocycles. The number of carbonyl (C=O) groups excluding carboxylic acids is 1. The van der Waals surface area contributed by atoms with Crippen molar-refractivity contribution < 1.29 is 17.9 Å². The molecule has 7 nitrogen and oxygen atoms in total. The molecule has 0 radical (unpaired) electrons. The molecular weight excluding hydrogens is 462 g/mol. The molecule has 1 aliphatic heterocycles. The van der Waals surface area contributed by atoms with Gasteiger partial charge in [-0.05, 0) is 60.7 Å². The monoisotopic (exact) mass is 493 g/mol. The molecule has 4 rings (SSSR count). The van der Waals surface area contributed by atoms with Crippen molar-refractivity contribution in [2.24, 2.45) is 5.92 Å². The number of hydrogen-bond donors (Lipinski definition) is 0. The van der Waals surface area contributed by atoms with Crippen molar-refractivity contribution in [1.29, 1.82) is 0 Å². The molecule has 1 saturated heterocycles. The van der Waals surface area contributed by atoms with Gasteiger partial charge in [0.15, 0.2) is 9.84 Å². The molecule has 0 spiro atoms. The number of amides is 1. The summed E-state index contributed by atoms with van der Waals surface area (Å²) in [7, 11) is 0.723. The minimum atomic E-state index is -3.21. The maximum Gasteiger partial charge on any atom is 0.253 e. The van der Waals surface area contributed by atoms with Crippen LogP contribution < -0.4 is 9.64 Å². The summed E-state index contributed by atoms with van der Waals surface area (Å²) in [4.78, 5) is 21.5. The van der Waals surface area contributed by atoms with Crippen molar-refractivity contribution in [3.63, 3.8) is 0 Å². The van der Waals surface area contributed by atoms with Crippen LogP contribution in [0.2, 0.25) is 0 Å². The Kier molecular flexibility index (Phi) is 7.40. The van der Waals surface area contributed by atoms with Crippen LogP contribution in [0.5, 0.6) is 5.88 Å². The Morgan fingerprint density at radius 1 is 1.03 bits per heavy atom. The summed E-state index contributed by atoms with van der Waals surface area (Å²) in [5, 5.41) is 0. The van der Waals surface area contributed by atoms with Gasteiger partial charge in [-0.2, -0.15) is 0 Å². The predicted octanol–water partition coefficient (Wildman–Crippen LogP) is 4.15. The normalized spacial score (nSPS) is 14.5. The number of sulfone groups is 1. The van der Waals surface area contributed by atoms with Gasteiger partial charge in [-0.1, -0.05) is 18.2 Å². The van der Waals surface area contributed by atoms with E-state index in [1.54, 1.807) is 30.5 Å². The van der Waals surface area contributed by atoms with Crippen LogP contribution in [-0.2, 0) is 9.84 Å². The molecule has 0 N–H and O–H groups in total. The first-order chi connectivity index (χ1) is 16.7. The van der Waals surface area contributed by atoms with E-state index in [0.717, 1.165) is 48.3 Å². The highest BCUT2D eigenvalue weighted by molar-refractivity contribution is 7.90. The lowest BCUT2D eigenvalue weighted by Crippen LogP contribution is -2.39. The van der Waals surface area contributed by atoms with Gasteiger partial charge in [0.25, 0.3) is 5.91 Å². The minimum absolute atomic E-state index is 0.0786. The molecule has 1 fully saturated rings. The van der Waals surface area contributed by atoms with Gasteiger partial charge in [0, 0.05) is 62.5 Å². The molecule has 0 atom stereocenters. The minimum Gasteiger partial charge on any atom is -0.477 e. The van der Waals surface area contributed by atoms with Crippen molar-refractivity contribution in [2.75, 3.05) is 44.9 Å². The van der Waals surface area contributed by atoms with Crippen molar-refractivity contribution >= 4 is 21.4 Å². The molecule has 35 heavy (non-hydrogen) atoms. The highest BCUT2D eigenvalue weighted by atomic mass is 32.2. The van der Waals surface area contributed by atoms with Crippen molar-refractivity contribution in [3.8, 4) is 17.0 Å². The molecule has 1 aromatic heterocycles.